The van der Waals surface area contributed by atoms with Gasteiger partial charge in [0.1, 0.15) is 29.1 Å². The van der Waals surface area contributed by atoms with Gasteiger partial charge in [-0.2, -0.15) is 5.26 Å². The summed E-state index contributed by atoms with van der Waals surface area (Å²) >= 11 is 0. The van der Waals surface area contributed by atoms with E-state index in [0.717, 1.165) is 48.8 Å². The minimum Gasteiger partial charge on any atom is -0.206 e. The van der Waals surface area contributed by atoms with Crippen molar-refractivity contribution in [2.24, 2.45) is 0 Å². The molecule has 0 radical (unpaired) electrons. The van der Waals surface area contributed by atoms with Crippen LogP contribution in [0.2, 0.25) is 0 Å². The first-order chi connectivity index (χ1) is 17.0. The molecule has 0 bridgehead atoms. The van der Waals surface area contributed by atoms with Gasteiger partial charge >= 0.3 is 0 Å². The van der Waals surface area contributed by atoms with E-state index in [4.69, 9.17) is 5.26 Å². The molecule has 0 aromatic heterocycles. The highest BCUT2D eigenvalue weighted by molar-refractivity contribution is 5.84. The van der Waals surface area contributed by atoms with Gasteiger partial charge in [-0.25, -0.2) is 13.2 Å². The second-order valence-corrected chi connectivity index (χ2v) is 8.78. The lowest BCUT2D eigenvalue weighted by molar-refractivity contribution is 0.572. The van der Waals surface area contributed by atoms with Gasteiger partial charge in [0, 0.05) is 5.39 Å². The molecule has 0 N–H and O–H groups in total. The normalized spacial score (nSPS) is 10.9. The Kier molecular flexibility index (Phi) is 7.67. The number of halogens is 3. The molecule has 4 rings (SSSR count). The lowest BCUT2D eigenvalue weighted by Gasteiger charge is -2.10. The number of hydrogen-bond donors (Lipinski definition) is 0. The molecule has 0 aliphatic carbocycles. The zero-order valence-electron chi connectivity index (χ0n) is 19.5. The largest absolute Gasteiger partial charge is 0.206 e. The standard InChI is InChI=1S/C31H26F3N/c1-2-3-4-21-5-7-22(8-6-21)9-10-23-12-16-27-26(17-23)15-14-25(31(27)34)13-11-24-18-29(32)28(20-35)30(33)19-24/h2,5-8,12,14-19H,1,3-4,9-11,13H2. The van der Waals surface area contributed by atoms with Gasteiger partial charge in [0.05, 0.1) is 0 Å². The molecular formula is C31H26F3N. The lowest BCUT2D eigenvalue weighted by Crippen LogP contribution is -1.99. The molecule has 4 aromatic rings. The van der Waals surface area contributed by atoms with Gasteiger partial charge in [-0.3, -0.25) is 0 Å². The van der Waals surface area contributed by atoms with Gasteiger partial charge in [0.2, 0.25) is 0 Å². The molecule has 1 nitrogen and oxygen atoms in total. The van der Waals surface area contributed by atoms with Gasteiger partial charge < -0.3 is 0 Å². The first kappa shape index (κ1) is 24.3. The molecule has 0 unspecified atom stereocenters. The van der Waals surface area contributed by atoms with Crippen molar-refractivity contribution < 1.29 is 13.2 Å². The summed E-state index contributed by atoms with van der Waals surface area (Å²) in [6.07, 6.45) is 6.25. The first-order valence-corrected chi connectivity index (χ1v) is 11.7. The van der Waals surface area contributed by atoms with Gasteiger partial charge in [-0.05, 0) is 83.9 Å². The minimum atomic E-state index is -0.891. The summed E-state index contributed by atoms with van der Waals surface area (Å²) in [4.78, 5) is 0. The van der Waals surface area contributed by atoms with Crippen LogP contribution in [0.3, 0.4) is 0 Å². The van der Waals surface area contributed by atoms with E-state index in [1.165, 1.54) is 17.2 Å². The number of allylic oxidation sites excluding steroid dienone is 1. The number of rotatable bonds is 9. The maximum atomic E-state index is 15.2. The van der Waals surface area contributed by atoms with E-state index in [1.54, 1.807) is 6.07 Å². The van der Waals surface area contributed by atoms with Crippen molar-refractivity contribution >= 4 is 10.8 Å². The summed E-state index contributed by atoms with van der Waals surface area (Å²) in [5, 5.41) is 10.2. The summed E-state index contributed by atoms with van der Waals surface area (Å²) in [6.45, 7) is 3.76. The quantitative estimate of drug-likeness (QED) is 0.229. The fourth-order valence-electron chi connectivity index (χ4n) is 4.32. The predicted octanol–water partition coefficient (Wildman–Crippen LogP) is 7.82. The molecule has 0 spiro atoms. The Morgan fingerprint density at radius 3 is 1.94 bits per heavy atom. The van der Waals surface area contributed by atoms with Gasteiger partial charge in [-0.15, -0.1) is 6.58 Å². The van der Waals surface area contributed by atoms with Crippen molar-refractivity contribution in [3.05, 3.63) is 130 Å². The minimum absolute atomic E-state index is 0.270. The lowest BCUT2D eigenvalue weighted by atomic mass is 9.97. The van der Waals surface area contributed by atoms with E-state index in [9.17, 15) is 8.78 Å². The first-order valence-electron chi connectivity index (χ1n) is 11.7. The van der Waals surface area contributed by atoms with E-state index < -0.39 is 17.2 Å². The fourth-order valence-corrected chi connectivity index (χ4v) is 4.32. The van der Waals surface area contributed by atoms with Gasteiger partial charge in [0.15, 0.2) is 0 Å². The van der Waals surface area contributed by atoms with Crippen molar-refractivity contribution in [3.63, 3.8) is 0 Å². The van der Waals surface area contributed by atoms with Gasteiger partial charge in [0.25, 0.3) is 0 Å². The Bertz CT molecular complexity index is 1370. The molecule has 0 aliphatic heterocycles. The Morgan fingerprint density at radius 2 is 1.29 bits per heavy atom. The van der Waals surface area contributed by atoms with E-state index in [2.05, 4.69) is 30.8 Å². The average Bonchev–Trinajstić information content (AvgIpc) is 2.86. The summed E-state index contributed by atoms with van der Waals surface area (Å²) < 4.78 is 42.9. The number of nitrogens with zero attached hydrogens (tertiary/aromatic N) is 1. The third kappa shape index (κ3) is 5.81. The van der Waals surface area contributed by atoms with Crippen LogP contribution in [-0.2, 0) is 32.1 Å². The average molecular weight is 470 g/mol. The van der Waals surface area contributed by atoms with Crippen molar-refractivity contribution in [2.75, 3.05) is 0 Å². The van der Waals surface area contributed by atoms with Crippen LogP contribution in [0, 0.1) is 28.8 Å². The smallest absolute Gasteiger partial charge is 0.144 e. The zero-order valence-corrected chi connectivity index (χ0v) is 19.5. The summed E-state index contributed by atoms with van der Waals surface area (Å²) in [6, 6.07) is 21.9. The van der Waals surface area contributed by atoms with Crippen LogP contribution in [0.5, 0.6) is 0 Å². The van der Waals surface area contributed by atoms with E-state index in [-0.39, 0.29) is 12.2 Å². The second-order valence-electron chi connectivity index (χ2n) is 8.78. The third-order valence-electron chi connectivity index (χ3n) is 6.36. The van der Waals surface area contributed by atoms with Gasteiger partial charge in [-0.1, -0.05) is 60.7 Å². The monoisotopic (exact) mass is 469 g/mol. The molecule has 0 saturated heterocycles. The Hall–Kier alpha value is -3.84. The van der Waals surface area contributed by atoms with E-state index in [0.29, 0.717) is 22.9 Å². The van der Waals surface area contributed by atoms with Crippen molar-refractivity contribution in [1.82, 2.24) is 0 Å². The molecular weight excluding hydrogens is 443 g/mol. The van der Waals surface area contributed by atoms with E-state index >= 15 is 4.39 Å². The maximum absolute atomic E-state index is 15.2. The fraction of sp³-hybridized carbons (Fsp3) is 0.194. The molecule has 4 heteroatoms. The molecule has 4 aromatic carbocycles. The van der Waals surface area contributed by atoms with Crippen LogP contribution in [0.1, 0.15) is 39.8 Å². The molecule has 0 amide bonds. The molecule has 35 heavy (non-hydrogen) atoms. The molecule has 0 heterocycles. The SMILES string of the molecule is C=CCCc1ccc(CCc2ccc3c(F)c(CCc4cc(F)c(C#N)c(F)c4)ccc3c2)cc1. The second kappa shape index (κ2) is 11.1. The third-order valence-corrected chi connectivity index (χ3v) is 6.36. The van der Waals surface area contributed by atoms with Crippen molar-refractivity contribution in [2.45, 2.75) is 38.5 Å². The molecule has 0 fully saturated rings. The van der Waals surface area contributed by atoms with Crippen LogP contribution in [-0.4, -0.2) is 0 Å². The Morgan fingerprint density at radius 1 is 0.686 bits per heavy atom. The molecule has 0 saturated carbocycles. The topological polar surface area (TPSA) is 23.8 Å². The number of aryl methyl sites for hydroxylation is 5. The van der Waals surface area contributed by atoms with Crippen molar-refractivity contribution in [3.8, 4) is 6.07 Å². The highest BCUT2D eigenvalue weighted by Crippen LogP contribution is 2.25. The van der Waals surface area contributed by atoms with Crippen molar-refractivity contribution in [1.29, 1.82) is 5.26 Å². The number of fused-ring (bicyclic) bond motifs is 1. The van der Waals surface area contributed by atoms with Crippen LogP contribution in [0.25, 0.3) is 10.8 Å². The number of benzene rings is 4. The summed E-state index contributed by atoms with van der Waals surface area (Å²) in [5.74, 6) is -2.09. The van der Waals surface area contributed by atoms with Crippen LogP contribution >= 0.6 is 0 Å². The number of hydrogen-bond acceptors (Lipinski definition) is 1. The van der Waals surface area contributed by atoms with Crippen LogP contribution < -0.4 is 0 Å². The highest BCUT2D eigenvalue weighted by Gasteiger charge is 2.13. The van der Waals surface area contributed by atoms with Crippen LogP contribution in [0.15, 0.2) is 79.4 Å². The Labute approximate surface area is 204 Å². The van der Waals surface area contributed by atoms with Crippen LogP contribution in [0.4, 0.5) is 13.2 Å². The summed E-state index contributed by atoms with van der Waals surface area (Å²) in [7, 11) is 0. The van der Waals surface area contributed by atoms with E-state index in [1.807, 2.05) is 30.3 Å². The highest BCUT2D eigenvalue weighted by atomic mass is 19.1. The Balaban J connectivity index is 1.43. The summed E-state index contributed by atoms with van der Waals surface area (Å²) in [5.41, 5.74) is 4.00. The molecule has 176 valence electrons. The maximum Gasteiger partial charge on any atom is 0.144 e. The predicted molar refractivity (Wildman–Crippen MR) is 135 cm³/mol. The zero-order chi connectivity index (χ0) is 24.8. The molecule has 0 aliphatic rings. The molecule has 0 atom stereocenters. The number of nitriles is 1.